The zero-order valence-corrected chi connectivity index (χ0v) is 10.4. The van der Waals surface area contributed by atoms with Crippen molar-refractivity contribution in [2.75, 3.05) is 10.6 Å². The fourth-order valence-corrected chi connectivity index (χ4v) is 2.23. The van der Waals surface area contributed by atoms with Crippen molar-refractivity contribution < 1.29 is 9.72 Å². The van der Waals surface area contributed by atoms with E-state index in [1.807, 2.05) is 24.3 Å². The van der Waals surface area contributed by atoms with Gasteiger partial charge in [-0.25, -0.2) is 0 Å². The number of nitrogens with zero attached hydrogens (tertiary/aromatic N) is 1. The van der Waals surface area contributed by atoms with Crippen LogP contribution in [0.15, 0.2) is 48.5 Å². The number of non-ortho nitro benzene ring substituents is 1. The first-order valence-corrected chi connectivity index (χ1v) is 6.06. The summed E-state index contributed by atoms with van der Waals surface area (Å²) >= 11 is 0. The predicted molar refractivity (Wildman–Crippen MR) is 74.5 cm³/mol. The number of rotatable bonds is 3. The Bertz CT molecular complexity index is 700. The van der Waals surface area contributed by atoms with Gasteiger partial charge in [-0.1, -0.05) is 24.3 Å². The minimum atomic E-state index is -0.534. The highest BCUT2D eigenvalue weighted by molar-refractivity contribution is 6.04. The van der Waals surface area contributed by atoms with Crippen LogP contribution in [-0.2, 0) is 4.79 Å². The molecule has 1 aliphatic rings. The number of fused-ring (bicyclic) bond motifs is 1. The van der Waals surface area contributed by atoms with E-state index in [2.05, 4.69) is 10.6 Å². The van der Waals surface area contributed by atoms with Crippen LogP contribution in [0.5, 0.6) is 0 Å². The summed E-state index contributed by atoms with van der Waals surface area (Å²) in [6.07, 6.45) is 0. The molecule has 0 saturated heterocycles. The highest BCUT2D eigenvalue weighted by Crippen LogP contribution is 2.33. The number of carbonyl (C=O) groups is 1. The molecule has 1 heterocycles. The molecular weight excluding hydrogens is 258 g/mol. The summed E-state index contributed by atoms with van der Waals surface area (Å²) in [5.41, 5.74) is 2.13. The Balaban J connectivity index is 1.90. The Kier molecular flexibility index (Phi) is 2.83. The van der Waals surface area contributed by atoms with E-state index in [-0.39, 0.29) is 11.6 Å². The second kappa shape index (κ2) is 4.65. The van der Waals surface area contributed by atoms with Gasteiger partial charge in [0.15, 0.2) is 0 Å². The van der Waals surface area contributed by atoms with E-state index in [1.165, 1.54) is 12.1 Å². The Morgan fingerprint density at radius 2 is 1.95 bits per heavy atom. The molecule has 1 atom stereocenters. The van der Waals surface area contributed by atoms with E-state index in [0.717, 1.165) is 11.3 Å². The molecule has 0 radical (unpaired) electrons. The molecule has 0 bridgehead atoms. The molecule has 1 amide bonds. The molecule has 6 nitrogen and oxygen atoms in total. The average molecular weight is 269 g/mol. The van der Waals surface area contributed by atoms with E-state index in [0.29, 0.717) is 5.69 Å². The van der Waals surface area contributed by atoms with Crippen molar-refractivity contribution in [2.24, 2.45) is 0 Å². The third-order valence-electron chi connectivity index (χ3n) is 3.16. The Morgan fingerprint density at radius 1 is 1.15 bits per heavy atom. The maximum atomic E-state index is 11.9. The van der Waals surface area contributed by atoms with Gasteiger partial charge in [0.05, 0.1) is 4.92 Å². The van der Waals surface area contributed by atoms with Crippen molar-refractivity contribution in [1.82, 2.24) is 0 Å². The number of nitro benzene ring substituents is 1. The Morgan fingerprint density at radius 3 is 2.75 bits per heavy atom. The molecule has 0 fully saturated rings. The van der Waals surface area contributed by atoms with E-state index in [4.69, 9.17) is 0 Å². The summed E-state index contributed by atoms with van der Waals surface area (Å²) in [6.45, 7) is 0. The number of nitro groups is 1. The Hall–Kier alpha value is -2.89. The zero-order valence-electron chi connectivity index (χ0n) is 10.4. The SMILES string of the molecule is O=C1Nc2ccccc2C1Nc1cccc([N+](=O)[O-])c1. The fraction of sp³-hybridized carbons (Fsp3) is 0.0714. The fourth-order valence-electron chi connectivity index (χ4n) is 2.23. The van der Waals surface area contributed by atoms with Gasteiger partial charge in [-0.3, -0.25) is 14.9 Å². The lowest BCUT2D eigenvalue weighted by molar-refractivity contribution is -0.384. The van der Waals surface area contributed by atoms with Crippen LogP contribution in [-0.4, -0.2) is 10.8 Å². The number of amides is 1. The highest BCUT2D eigenvalue weighted by atomic mass is 16.6. The van der Waals surface area contributed by atoms with Gasteiger partial charge < -0.3 is 10.6 Å². The maximum Gasteiger partial charge on any atom is 0.271 e. The van der Waals surface area contributed by atoms with E-state index in [1.54, 1.807) is 12.1 Å². The summed E-state index contributed by atoms with van der Waals surface area (Å²) in [5, 5.41) is 16.5. The van der Waals surface area contributed by atoms with Crippen molar-refractivity contribution in [3.05, 3.63) is 64.2 Å². The standard InChI is InChI=1S/C14H11N3O3/c18-14-13(11-6-1-2-7-12(11)16-14)15-9-4-3-5-10(8-9)17(19)20/h1-8,13,15H,(H,16,18). The number of hydrogen-bond donors (Lipinski definition) is 2. The molecule has 0 aliphatic carbocycles. The number of anilines is 2. The molecule has 20 heavy (non-hydrogen) atoms. The summed E-state index contributed by atoms with van der Waals surface area (Å²) in [4.78, 5) is 22.2. The first kappa shape index (κ1) is 12.2. The number of para-hydroxylation sites is 1. The van der Waals surface area contributed by atoms with Gasteiger partial charge in [0.1, 0.15) is 6.04 Å². The molecule has 1 unspecified atom stereocenters. The lowest BCUT2D eigenvalue weighted by atomic mass is 10.1. The minimum absolute atomic E-state index is 0.0123. The van der Waals surface area contributed by atoms with Gasteiger partial charge in [0.25, 0.3) is 11.6 Å². The van der Waals surface area contributed by atoms with Crippen LogP contribution in [0.25, 0.3) is 0 Å². The van der Waals surface area contributed by atoms with Crippen molar-refractivity contribution in [2.45, 2.75) is 6.04 Å². The second-order valence-electron chi connectivity index (χ2n) is 4.46. The van der Waals surface area contributed by atoms with Gasteiger partial charge in [0, 0.05) is 29.1 Å². The van der Waals surface area contributed by atoms with E-state index < -0.39 is 11.0 Å². The number of carbonyl (C=O) groups excluding carboxylic acids is 1. The molecule has 0 saturated carbocycles. The highest BCUT2D eigenvalue weighted by Gasteiger charge is 2.30. The quantitative estimate of drug-likeness (QED) is 0.662. The molecule has 2 N–H and O–H groups in total. The summed E-state index contributed by atoms with van der Waals surface area (Å²) in [6, 6.07) is 12.9. The molecule has 100 valence electrons. The van der Waals surface area contributed by atoms with Crippen LogP contribution in [0.4, 0.5) is 17.1 Å². The first-order chi connectivity index (χ1) is 9.65. The summed E-state index contributed by atoms with van der Waals surface area (Å²) < 4.78 is 0. The number of nitrogens with one attached hydrogen (secondary N) is 2. The van der Waals surface area contributed by atoms with Crippen LogP contribution >= 0.6 is 0 Å². The van der Waals surface area contributed by atoms with Crippen LogP contribution in [0.1, 0.15) is 11.6 Å². The van der Waals surface area contributed by atoms with Crippen molar-refractivity contribution in [3.8, 4) is 0 Å². The molecule has 2 aromatic rings. The number of benzene rings is 2. The molecule has 2 aromatic carbocycles. The van der Waals surface area contributed by atoms with Gasteiger partial charge in [-0.05, 0) is 12.1 Å². The summed E-state index contributed by atoms with van der Waals surface area (Å²) in [7, 11) is 0. The molecule has 1 aliphatic heterocycles. The summed E-state index contributed by atoms with van der Waals surface area (Å²) in [5.74, 6) is -0.169. The minimum Gasteiger partial charge on any atom is -0.370 e. The van der Waals surface area contributed by atoms with E-state index in [9.17, 15) is 14.9 Å². The van der Waals surface area contributed by atoms with Gasteiger partial charge >= 0.3 is 0 Å². The van der Waals surface area contributed by atoms with Crippen molar-refractivity contribution >= 4 is 23.0 Å². The zero-order chi connectivity index (χ0) is 14.1. The van der Waals surface area contributed by atoms with E-state index >= 15 is 0 Å². The second-order valence-corrected chi connectivity index (χ2v) is 4.46. The first-order valence-electron chi connectivity index (χ1n) is 6.06. The Labute approximate surface area is 114 Å². The molecule has 6 heteroatoms. The normalized spacial score (nSPS) is 16.4. The van der Waals surface area contributed by atoms with Gasteiger partial charge in [0.2, 0.25) is 0 Å². The van der Waals surface area contributed by atoms with Crippen LogP contribution in [0.3, 0.4) is 0 Å². The third-order valence-corrected chi connectivity index (χ3v) is 3.16. The lowest BCUT2D eigenvalue weighted by Crippen LogP contribution is -2.19. The molecular formula is C14H11N3O3. The van der Waals surface area contributed by atoms with Crippen molar-refractivity contribution in [3.63, 3.8) is 0 Å². The van der Waals surface area contributed by atoms with Crippen molar-refractivity contribution in [1.29, 1.82) is 0 Å². The predicted octanol–water partition coefficient (Wildman–Crippen LogP) is 2.70. The van der Waals surface area contributed by atoms with Gasteiger partial charge in [-0.15, -0.1) is 0 Å². The largest absolute Gasteiger partial charge is 0.370 e. The lowest BCUT2D eigenvalue weighted by Gasteiger charge is -2.12. The van der Waals surface area contributed by atoms with Crippen LogP contribution in [0, 0.1) is 10.1 Å². The third kappa shape index (κ3) is 2.07. The monoisotopic (exact) mass is 269 g/mol. The average Bonchev–Trinajstić information content (AvgIpc) is 2.76. The van der Waals surface area contributed by atoms with Crippen LogP contribution < -0.4 is 10.6 Å². The molecule has 3 rings (SSSR count). The number of hydrogen-bond acceptors (Lipinski definition) is 4. The molecule has 0 spiro atoms. The maximum absolute atomic E-state index is 11.9. The smallest absolute Gasteiger partial charge is 0.271 e. The van der Waals surface area contributed by atoms with Gasteiger partial charge in [-0.2, -0.15) is 0 Å². The van der Waals surface area contributed by atoms with Crippen LogP contribution in [0.2, 0.25) is 0 Å². The topological polar surface area (TPSA) is 84.3 Å². The molecule has 0 aromatic heterocycles.